The summed E-state index contributed by atoms with van der Waals surface area (Å²) >= 11 is 0. The maximum absolute atomic E-state index is 12.6. The molecule has 0 bridgehead atoms. The lowest BCUT2D eigenvalue weighted by atomic mass is 9.96. The van der Waals surface area contributed by atoms with Crippen molar-refractivity contribution in [3.8, 4) is 22.4 Å². The van der Waals surface area contributed by atoms with Crippen LogP contribution in [0.2, 0.25) is 0 Å². The molecule has 1 heterocycles. The molecule has 0 saturated heterocycles. The molecule has 0 aliphatic rings. The lowest BCUT2D eigenvalue weighted by Gasteiger charge is -2.13. The predicted molar refractivity (Wildman–Crippen MR) is 91.1 cm³/mol. The third-order valence-corrected chi connectivity index (χ3v) is 3.56. The minimum absolute atomic E-state index is 0.330. The summed E-state index contributed by atoms with van der Waals surface area (Å²) in [5.41, 5.74) is 3.85. The molecule has 2 aromatic carbocycles. The van der Waals surface area contributed by atoms with Gasteiger partial charge in [0.25, 0.3) is 0 Å². The van der Waals surface area contributed by atoms with E-state index in [2.05, 4.69) is 4.98 Å². The van der Waals surface area contributed by atoms with Crippen LogP contribution in [0.25, 0.3) is 22.4 Å². The van der Waals surface area contributed by atoms with Crippen LogP contribution < -0.4 is 0 Å². The summed E-state index contributed by atoms with van der Waals surface area (Å²) in [4.78, 5) is 17.0. The van der Waals surface area contributed by atoms with Crippen LogP contribution in [0.15, 0.2) is 72.9 Å². The van der Waals surface area contributed by atoms with Crippen molar-refractivity contribution in [1.29, 1.82) is 0 Å². The summed E-state index contributed by atoms with van der Waals surface area (Å²) in [6, 6.07) is 21.4. The van der Waals surface area contributed by atoms with Gasteiger partial charge in [-0.2, -0.15) is 0 Å². The van der Waals surface area contributed by atoms with Gasteiger partial charge in [-0.25, -0.2) is 4.79 Å². The highest BCUT2D eigenvalue weighted by Gasteiger charge is 2.20. The zero-order chi connectivity index (χ0) is 16.1. The summed E-state index contributed by atoms with van der Waals surface area (Å²) in [6.07, 6.45) is 1.73. The van der Waals surface area contributed by atoms with E-state index in [0.29, 0.717) is 17.9 Å². The van der Waals surface area contributed by atoms with Crippen LogP contribution >= 0.6 is 0 Å². The first-order valence-corrected chi connectivity index (χ1v) is 7.58. The van der Waals surface area contributed by atoms with E-state index in [9.17, 15) is 4.79 Å². The molecule has 0 spiro atoms. The van der Waals surface area contributed by atoms with Gasteiger partial charge < -0.3 is 4.74 Å². The molecule has 0 atom stereocenters. The topological polar surface area (TPSA) is 39.2 Å². The molecule has 3 heteroatoms. The van der Waals surface area contributed by atoms with Crippen molar-refractivity contribution < 1.29 is 9.53 Å². The van der Waals surface area contributed by atoms with Crippen LogP contribution in [0.5, 0.6) is 0 Å². The van der Waals surface area contributed by atoms with Gasteiger partial charge in [0.1, 0.15) is 0 Å². The normalized spacial score (nSPS) is 10.3. The van der Waals surface area contributed by atoms with E-state index in [1.54, 1.807) is 13.1 Å². The molecule has 0 aliphatic heterocycles. The molecular formula is C20H17NO2. The predicted octanol–water partition coefficient (Wildman–Crippen LogP) is 4.59. The average molecular weight is 303 g/mol. The lowest BCUT2D eigenvalue weighted by Crippen LogP contribution is -2.09. The average Bonchev–Trinajstić information content (AvgIpc) is 2.63. The number of aromatic nitrogens is 1. The molecule has 0 unspecified atom stereocenters. The Kier molecular flexibility index (Phi) is 4.48. The van der Waals surface area contributed by atoms with Gasteiger partial charge in [0.2, 0.25) is 0 Å². The third kappa shape index (κ3) is 3.14. The maximum Gasteiger partial charge on any atom is 0.340 e. The third-order valence-electron chi connectivity index (χ3n) is 3.56. The van der Waals surface area contributed by atoms with Gasteiger partial charge >= 0.3 is 5.97 Å². The summed E-state index contributed by atoms with van der Waals surface area (Å²) in [6.45, 7) is 2.13. The number of carbonyl (C=O) groups is 1. The first-order valence-electron chi connectivity index (χ1n) is 7.58. The van der Waals surface area contributed by atoms with Gasteiger partial charge in [-0.1, -0.05) is 60.7 Å². The second kappa shape index (κ2) is 6.88. The first-order chi connectivity index (χ1) is 11.3. The summed E-state index contributed by atoms with van der Waals surface area (Å²) in [7, 11) is 0. The highest BCUT2D eigenvalue weighted by atomic mass is 16.5. The zero-order valence-electron chi connectivity index (χ0n) is 12.9. The van der Waals surface area contributed by atoms with Crippen molar-refractivity contribution in [2.45, 2.75) is 6.92 Å². The van der Waals surface area contributed by atoms with Crippen LogP contribution in [-0.4, -0.2) is 17.6 Å². The van der Waals surface area contributed by atoms with E-state index in [1.807, 2.05) is 66.7 Å². The van der Waals surface area contributed by atoms with Gasteiger partial charge in [0, 0.05) is 11.8 Å². The number of nitrogens with zero attached hydrogens (tertiary/aromatic N) is 1. The monoisotopic (exact) mass is 303 g/mol. The fourth-order valence-electron chi connectivity index (χ4n) is 2.54. The highest BCUT2D eigenvalue weighted by molar-refractivity contribution is 6.03. The van der Waals surface area contributed by atoms with Crippen molar-refractivity contribution in [3.05, 3.63) is 78.5 Å². The summed E-state index contributed by atoms with van der Waals surface area (Å²) in [5.74, 6) is -0.349. The molecule has 0 saturated carbocycles. The van der Waals surface area contributed by atoms with E-state index >= 15 is 0 Å². The minimum atomic E-state index is -0.349. The Hall–Kier alpha value is -2.94. The number of rotatable bonds is 4. The number of hydrogen-bond donors (Lipinski definition) is 0. The van der Waals surface area contributed by atoms with E-state index in [-0.39, 0.29) is 5.97 Å². The zero-order valence-corrected chi connectivity index (χ0v) is 12.9. The molecule has 3 rings (SSSR count). The van der Waals surface area contributed by atoms with Crippen LogP contribution in [-0.2, 0) is 4.74 Å². The van der Waals surface area contributed by atoms with E-state index < -0.39 is 0 Å². The molecular weight excluding hydrogens is 286 g/mol. The molecule has 3 nitrogen and oxygen atoms in total. The van der Waals surface area contributed by atoms with Crippen molar-refractivity contribution in [1.82, 2.24) is 4.98 Å². The highest BCUT2D eigenvalue weighted by Crippen LogP contribution is 2.31. The van der Waals surface area contributed by atoms with Crippen molar-refractivity contribution >= 4 is 5.97 Å². The van der Waals surface area contributed by atoms with Crippen LogP contribution in [0.3, 0.4) is 0 Å². The van der Waals surface area contributed by atoms with Gasteiger partial charge in [-0.05, 0) is 24.1 Å². The van der Waals surface area contributed by atoms with Crippen molar-refractivity contribution in [2.24, 2.45) is 0 Å². The van der Waals surface area contributed by atoms with E-state index in [4.69, 9.17) is 4.74 Å². The molecule has 114 valence electrons. The van der Waals surface area contributed by atoms with Gasteiger partial charge in [-0.15, -0.1) is 0 Å². The Balaban J connectivity index is 2.23. The number of ether oxygens (including phenoxy) is 1. The van der Waals surface area contributed by atoms with Crippen LogP contribution in [0.4, 0.5) is 0 Å². The smallest absolute Gasteiger partial charge is 0.340 e. The van der Waals surface area contributed by atoms with Crippen molar-refractivity contribution in [2.75, 3.05) is 6.61 Å². The molecule has 1 aromatic heterocycles. The second-order valence-electron chi connectivity index (χ2n) is 5.03. The SMILES string of the molecule is CCOC(=O)c1c(-c2ccccc2)ccnc1-c1ccccc1. The lowest BCUT2D eigenvalue weighted by molar-refractivity contribution is 0.0528. The van der Waals surface area contributed by atoms with E-state index in [1.165, 1.54) is 0 Å². The summed E-state index contributed by atoms with van der Waals surface area (Å²) in [5, 5.41) is 0. The number of hydrogen-bond acceptors (Lipinski definition) is 3. The number of esters is 1. The Morgan fingerprint density at radius 2 is 1.52 bits per heavy atom. The molecule has 23 heavy (non-hydrogen) atoms. The molecule has 3 aromatic rings. The number of benzene rings is 2. The molecule has 0 radical (unpaired) electrons. The standard InChI is InChI=1S/C20H17NO2/c1-2-23-20(22)18-17(15-9-5-3-6-10-15)13-14-21-19(18)16-11-7-4-8-12-16/h3-14H,2H2,1H3. The quantitative estimate of drug-likeness (QED) is 0.662. The van der Waals surface area contributed by atoms with Gasteiger partial charge in [0.15, 0.2) is 0 Å². The Bertz CT molecular complexity index is 741. The minimum Gasteiger partial charge on any atom is -0.462 e. The van der Waals surface area contributed by atoms with Gasteiger partial charge in [0.05, 0.1) is 17.9 Å². The Morgan fingerprint density at radius 1 is 0.913 bits per heavy atom. The van der Waals surface area contributed by atoms with Crippen LogP contribution in [0, 0.1) is 0 Å². The fraction of sp³-hybridized carbons (Fsp3) is 0.100. The summed E-state index contributed by atoms with van der Waals surface area (Å²) < 4.78 is 5.27. The Morgan fingerprint density at radius 3 is 2.13 bits per heavy atom. The number of carbonyl (C=O) groups excluding carboxylic acids is 1. The fourth-order valence-corrected chi connectivity index (χ4v) is 2.54. The molecule has 0 amide bonds. The van der Waals surface area contributed by atoms with Crippen LogP contribution in [0.1, 0.15) is 17.3 Å². The van der Waals surface area contributed by atoms with Gasteiger partial charge in [-0.3, -0.25) is 4.98 Å². The largest absolute Gasteiger partial charge is 0.462 e. The number of pyridine rings is 1. The molecule has 0 fully saturated rings. The maximum atomic E-state index is 12.6. The molecule has 0 N–H and O–H groups in total. The Labute approximate surface area is 135 Å². The molecule has 0 aliphatic carbocycles. The van der Waals surface area contributed by atoms with Crippen molar-refractivity contribution in [3.63, 3.8) is 0 Å². The second-order valence-corrected chi connectivity index (χ2v) is 5.03. The van der Waals surface area contributed by atoms with E-state index in [0.717, 1.165) is 16.7 Å². The first kappa shape index (κ1) is 15.0.